The third-order valence-electron chi connectivity index (χ3n) is 5.45. The smallest absolute Gasteiger partial charge is 0.231 e. The molecule has 1 aliphatic heterocycles. The fourth-order valence-electron chi connectivity index (χ4n) is 3.63. The molecule has 0 aliphatic carbocycles. The number of hydrogen-bond donors (Lipinski definition) is 1. The van der Waals surface area contributed by atoms with Crippen LogP contribution in [0.5, 0.6) is 23.0 Å². The normalized spacial score (nSPS) is 11.8. The summed E-state index contributed by atoms with van der Waals surface area (Å²) >= 11 is 0. The molecule has 8 heteroatoms. The minimum atomic E-state index is -0.122. The van der Waals surface area contributed by atoms with Gasteiger partial charge in [-0.3, -0.25) is 4.79 Å². The molecular weight excluding hydrogens is 448 g/mol. The molecule has 0 saturated carbocycles. The Kier molecular flexibility index (Phi) is 6.52. The van der Waals surface area contributed by atoms with Crippen LogP contribution in [0.25, 0.3) is 11.3 Å². The number of rotatable bonds is 9. The van der Waals surface area contributed by atoms with Gasteiger partial charge in [0.1, 0.15) is 18.1 Å². The molecule has 0 unspecified atom stereocenters. The van der Waals surface area contributed by atoms with E-state index in [0.29, 0.717) is 47.6 Å². The highest BCUT2D eigenvalue weighted by molar-refractivity contribution is 5.90. The Balaban J connectivity index is 1.12. The third kappa shape index (κ3) is 5.55. The Morgan fingerprint density at radius 3 is 2.69 bits per heavy atom. The van der Waals surface area contributed by atoms with Crippen LogP contribution in [-0.4, -0.2) is 24.8 Å². The van der Waals surface area contributed by atoms with E-state index in [1.54, 1.807) is 19.4 Å². The van der Waals surface area contributed by atoms with Gasteiger partial charge in [-0.15, -0.1) is 0 Å². The van der Waals surface area contributed by atoms with Crippen molar-refractivity contribution in [2.24, 2.45) is 0 Å². The zero-order valence-electron chi connectivity index (χ0n) is 19.2. The van der Waals surface area contributed by atoms with Crippen molar-refractivity contribution < 1.29 is 28.2 Å². The van der Waals surface area contributed by atoms with Crippen LogP contribution >= 0.6 is 0 Å². The molecule has 2 heterocycles. The van der Waals surface area contributed by atoms with Crippen molar-refractivity contribution in [3.63, 3.8) is 0 Å². The SMILES string of the molecule is COc1ccc(-c2cnc(CCC(=O)Nc3cccc(COc4ccc5c(c4)OCO5)c3)o2)cc1. The number of aryl methyl sites for hydroxylation is 1. The maximum atomic E-state index is 12.5. The van der Waals surface area contributed by atoms with Gasteiger partial charge in [0, 0.05) is 30.2 Å². The maximum absolute atomic E-state index is 12.5. The van der Waals surface area contributed by atoms with Crippen LogP contribution in [0, 0.1) is 0 Å². The zero-order valence-corrected chi connectivity index (χ0v) is 19.2. The minimum absolute atomic E-state index is 0.122. The molecule has 1 aromatic heterocycles. The molecule has 8 nitrogen and oxygen atoms in total. The van der Waals surface area contributed by atoms with Gasteiger partial charge in [0.15, 0.2) is 23.1 Å². The van der Waals surface area contributed by atoms with Gasteiger partial charge < -0.3 is 28.7 Å². The van der Waals surface area contributed by atoms with E-state index in [2.05, 4.69) is 10.3 Å². The average Bonchev–Trinajstić information content (AvgIpc) is 3.56. The second-order valence-electron chi connectivity index (χ2n) is 7.90. The van der Waals surface area contributed by atoms with Crippen molar-refractivity contribution in [1.82, 2.24) is 4.98 Å². The van der Waals surface area contributed by atoms with Crippen LogP contribution in [-0.2, 0) is 17.8 Å². The van der Waals surface area contributed by atoms with Gasteiger partial charge in [-0.1, -0.05) is 12.1 Å². The number of carbonyl (C=O) groups is 1. The van der Waals surface area contributed by atoms with E-state index >= 15 is 0 Å². The second kappa shape index (κ2) is 10.2. The van der Waals surface area contributed by atoms with Crippen LogP contribution in [0.3, 0.4) is 0 Å². The van der Waals surface area contributed by atoms with Gasteiger partial charge in [-0.2, -0.15) is 0 Å². The molecule has 0 spiro atoms. The van der Waals surface area contributed by atoms with Crippen LogP contribution in [0.1, 0.15) is 17.9 Å². The number of anilines is 1. The van der Waals surface area contributed by atoms with Crippen molar-refractivity contribution in [3.05, 3.63) is 84.4 Å². The highest BCUT2D eigenvalue weighted by atomic mass is 16.7. The molecule has 178 valence electrons. The standard InChI is InChI=1S/C27H24N2O6/c1-31-21-7-5-19(6-8-21)25-15-28-27(35-25)12-11-26(30)29-20-4-2-3-18(13-20)16-32-22-9-10-23-24(14-22)34-17-33-23/h2-10,13-15H,11-12,16-17H2,1H3,(H,29,30). The third-order valence-corrected chi connectivity index (χ3v) is 5.45. The molecule has 0 fully saturated rings. The number of carbonyl (C=O) groups excluding carboxylic acids is 1. The van der Waals surface area contributed by atoms with E-state index in [4.69, 9.17) is 23.4 Å². The van der Waals surface area contributed by atoms with Crippen molar-refractivity contribution in [2.75, 3.05) is 19.2 Å². The summed E-state index contributed by atoms with van der Waals surface area (Å²) in [5.41, 5.74) is 2.53. The first kappa shape index (κ1) is 22.3. The van der Waals surface area contributed by atoms with E-state index in [1.165, 1.54) is 0 Å². The summed E-state index contributed by atoms with van der Waals surface area (Å²) in [6.07, 6.45) is 2.31. The molecule has 0 saturated heterocycles. The molecule has 0 bridgehead atoms. The summed E-state index contributed by atoms with van der Waals surface area (Å²) in [4.78, 5) is 16.8. The number of methoxy groups -OCH3 is 1. The van der Waals surface area contributed by atoms with E-state index < -0.39 is 0 Å². The Morgan fingerprint density at radius 1 is 1.00 bits per heavy atom. The number of ether oxygens (including phenoxy) is 4. The molecule has 1 N–H and O–H groups in total. The minimum Gasteiger partial charge on any atom is -0.497 e. The number of aromatic nitrogens is 1. The van der Waals surface area contributed by atoms with Gasteiger partial charge in [0.05, 0.1) is 13.3 Å². The lowest BCUT2D eigenvalue weighted by Gasteiger charge is -2.09. The van der Waals surface area contributed by atoms with Crippen molar-refractivity contribution in [2.45, 2.75) is 19.4 Å². The Labute approximate surface area is 202 Å². The van der Waals surface area contributed by atoms with Crippen molar-refractivity contribution >= 4 is 11.6 Å². The summed E-state index contributed by atoms with van der Waals surface area (Å²) < 4.78 is 27.5. The first-order valence-electron chi connectivity index (χ1n) is 11.2. The first-order valence-corrected chi connectivity index (χ1v) is 11.2. The summed E-state index contributed by atoms with van der Waals surface area (Å²) in [7, 11) is 1.62. The van der Waals surface area contributed by atoms with Crippen molar-refractivity contribution in [3.8, 4) is 34.3 Å². The van der Waals surface area contributed by atoms with Gasteiger partial charge in [-0.05, 0) is 54.1 Å². The average molecular weight is 472 g/mol. The lowest BCUT2D eigenvalue weighted by Crippen LogP contribution is -2.12. The number of hydrogen-bond acceptors (Lipinski definition) is 7. The maximum Gasteiger partial charge on any atom is 0.231 e. The Hall–Kier alpha value is -4.46. The molecule has 3 aromatic carbocycles. The first-order chi connectivity index (χ1) is 17.2. The van der Waals surface area contributed by atoms with Crippen molar-refractivity contribution in [1.29, 1.82) is 0 Å². The molecule has 0 radical (unpaired) electrons. The van der Waals surface area contributed by atoms with Crippen LogP contribution in [0.2, 0.25) is 0 Å². The largest absolute Gasteiger partial charge is 0.497 e. The molecule has 1 amide bonds. The fourth-order valence-corrected chi connectivity index (χ4v) is 3.63. The summed E-state index contributed by atoms with van der Waals surface area (Å²) in [6, 6.07) is 20.5. The van der Waals surface area contributed by atoms with Gasteiger partial charge in [0.2, 0.25) is 12.7 Å². The Morgan fingerprint density at radius 2 is 1.83 bits per heavy atom. The predicted octanol–water partition coefficient (Wildman–Crippen LogP) is 5.23. The molecule has 0 atom stereocenters. The van der Waals surface area contributed by atoms with Crippen LogP contribution in [0.4, 0.5) is 5.69 Å². The lowest BCUT2D eigenvalue weighted by molar-refractivity contribution is -0.116. The second-order valence-corrected chi connectivity index (χ2v) is 7.90. The van der Waals surface area contributed by atoms with E-state index in [9.17, 15) is 4.79 Å². The molecule has 35 heavy (non-hydrogen) atoms. The predicted molar refractivity (Wildman–Crippen MR) is 129 cm³/mol. The van der Waals surface area contributed by atoms with Gasteiger partial charge >= 0.3 is 0 Å². The number of fused-ring (bicyclic) bond motifs is 1. The lowest BCUT2D eigenvalue weighted by atomic mass is 10.2. The quantitative estimate of drug-likeness (QED) is 0.357. The zero-order chi connectivity index (χ0) is 24.0. The van der Waals surface area contributed by atoms with Gasteiger partial charge in [0.25, 0.3) is 0 Å². The van der Waals surface area contributed by atoms with E-state index in [-0.39, 0.29) is 19.1 Å². The number of nitrogens with zero attached hydrogens (tertiary/aromatic N) is 1. The van der Waals surface area contributed by atoms with Gasteiger partial charge in [-0.25, -0.2) is 4.98 Å². The highest BCUT2D eigenvalue weighted by Crippen LogP contribution is 2.35. The summed E-state index contributed by atoms with van der Waals surface area (Å²) in [5.74, 6) is 3.88. The van der Waals surface area contributed by atoms with E-state index in [0.717, 1.165) is 16.9 Å². The monoisotopic (exact) mass is 472 g/mol. The molecular formula is C27H24N2O6. The molecule has 5 rings (SSSR count). The summed E-state index contributed by atoms with van der Waals surface area (Å²) in [6.45, 7) is 0.578. The summed E-state index contributed by atoms with van der Waals surface area (Å²) in [5, 5.41) is 2.92. The number of oxazole rings is 1. The molecule has 4 aromatic rings. The van der Waals surface area contributed by atoms with E-state index in [1.807, 2.05) is 60.7 Å². The molecule has 1 aliphatic rings. The topological polar surface area (TPSA) is 92.1 Å². The number of nitrogens with one attached hydrogen (secondary N) is 1. The number of amides is 1. The van der Waals surface area contributed by atoms with Crippen LogP contribution < -0.4 is 24.3 Å². The highest BCUT2D eigenvalue weighted by Gasteiger charge is 2.14. The fraction of sp³-hybridized carbons (Fsp3) is 0.185. The van der Waals surface area contributed by atoms with Crippen LogP contribution in [0.15, 0.2) is 77.3 Å². The number of benzene rings is 3. The Bertz CT molecular complexity index is 1320.